The van der Waals surface area contributed by atoms with Crippen LogP contribution < -0.4 is 0 Å². The van der Waals surface area contributed by atoms with Gasteiger partial charge in [0.1, 0.15) is 0 Å². The van der Waals surface area contributed by atoms with Gasteiger partial charge >= 0.3 is 0 Å². The van der Waals surface area contributed by atoms with Crippen molar-refractivity contribution in [3.63, 3.8) is 0 Å². The molecule has 1 atom stereocenters. The molecule has 1 unspecified atom stereocenters. The van der Waals surface area contributed by atoms with Crippen LogP contribution in [0.25, 0.3) is 0 Å². The highest BCUT2D eigenvalue weighted by molar-refractivity contribution is 5.16. The lowest BCUT2D eigenvalue weighted by atomic mass is 10.1. The van der Waals surface area contributed by atoms with Crippen molar-refractivity contribution in [1.29, 1.82) is 0 Å². The molecule has 0 bridgehead atoms. The molecule has 0 fully saturated rings. The third-order valence-corrected chi connectivity index (χ3v) is 2.85. The van der Waals surface area contributed by atoms with Gasteiger partial charge in [-0.3, -0.25) is 4.68 Å². The van der Waals surface area contributed by atoms with Crippen LogP contribution in [0.15, 0.2) is 23.9 Å². The van der Waals surface area contributed by atoms with Crippen LogP contribution in [0.4, 0.5) is 0 Å². The number of hydrogen-bond acceptors (Lipinski definition) is 2. The van der Waals surface area contributed by atoms with Crippen molar-refractivity contribution in [2.75, 3.05) is 0 Å². The average molecular weight is 206 g/mol. The van der Waals surface area contributed by atoms with Gasteiger partial charge in [0.15, 0.2) is 0 Å². The van der Waals surface area contributed by atoms with E-state index in [1.54, 1.807) is 0 Å². The van der Waals surface area contributed by atoms with Crippen LogP contribution >= 0.6 is 0 Å². The Morgan fingerprint density at radius 2 is 2.40 bits per heavy atom. The van der Waals surface area contributed by atoms with E-state index in [9.17, 15) is 5.11 Å². The lowest BCUT2D eigenvalue weighted by molar-refractivity contribution is 0.211. The summed E-state index contributed by atoms with van der Waals surface area (Å²) in [4.78, 5) is 0. The van der Waals surface area contributed by atoms with E-state index in [1.165, 1.54) is 12.0 Å². The van der Waals surface area contributed by atoms with E-state index in [0.717, 1.165) is 31.4 Å². The second-order valence-corrected chi connectivity index (χ2v) is 4.30. The van der Waals surface area contributed by atoms with Crippen molar-refractivity contribution in [3.05, 3.63) is 29.6 Å². The van der Waals surface area contributed by atoms with Crippen molar-refractivity contribution in [3.8, 4) is 0 Å². The summed E-state index contributed by atoms with van der Waals surface area (Å²) in [7, 11) is 1.93. The zero-order chi connectivity index (χ0) is 10.7. The van der Waals surface area contributed by atoms with E-state index in [-0.39, 0.29) is 6.10 Å². The summed E-state index contributed by atoms with van der Waals surface area (Å²) in [5.74, 6) is 0. The molecule has 15 heavy (non-hydrogen) atoms. The third-order valence-electron chi connectivity index (χ3n) is 2.85. The fourth-order valence-corrected chi connectivity index (χ4v) is 2.08. The Kier molecular flexibility index (Phi) is 3.21. The summed E-state index contributed by atoms with van der Waals surface area (Å²) < 4.78 is 1.82. The molecule has 1 heterocycles. The maximum atomic E-state index is 9.64. The molecule has 1 N–H and O–H groups in total. The first-order valence-corrected chi connectivity index (χ1v) is 5.60. The molecule has 3 heteroatoms. The van der Waals surface area contributed by atoms with E-state index in [2.05, 4.69) is 5.10 Å². The lowest BCUT2D eigenvalue weighted by Crippen LogP contribution is -2.01. The van der Waals surface area contributed by atoms with E-state index in [0.29, 0.717) is 0 Å². The maximum absolute atomic E-state index is 9.64. The van der Waals surface area contributed by atoms with Crippen molar-refractivity contribution >= 4 is 0 Å². The molecule has 1 aromatic rings. The molecule has 0 aliphatic heterocycles. The van der Waals surface area contributed by atoms with Crippen LogP contribution in [0.5, 0.6) is 0 Å². The Bertz CT molecular complexity index is 354. The summed E-state index contributed by atoms with van der Waals surface area (Å²) in [6.45, 7) is 0. The van der Waals surface area contributed by atoms with Gasteiger partial charge in [-0.1, -0.05) is 18.1 Å². The standard InChI is InChI=1S/C12H18N2O/c1-14-7-6-11(13-14)8-10-4-2-3-5-12(15)9-10/h6-7,9,12,15H,2-5,8H2,1H3. The molecular formula is C12H18N2O. The van der Waals surface area contributed by atoms with Gasteiger partial charge in [-0.15, -0.1) is 0 Å². The second-order valence-electron chi connectivity index (χ2n) is 4.30. The Labute approximate surface area is 90.4 Å². The van der Waals surface area contributed by atoms with Gasteiger partial charge in [-0.25, -0.2) is 0 Å². The largest absolute Gasteiger partial charge is 0.389 e. The van der Waals surface area contributed by atoms with E-state index >= 15 is 0 Å². The number of rotatable bonds is 2. The fraction of sp³-hybridized carbons (Fsp3) is 0.583. The summed E-state index contributed by atoms with van der Waals surface area (Å²) in [6.07, 6.45) is 8.95. The molecule has 2 rings (SSSR count). The quantitative estimate of drug-likeness (QED) is 0.750. The molecule has 0 spiro atoms. The highest BCUT2D eigenvalue weighted by Gasteiger charge is 2.10. The second kappa shape index (κ2) is 4.62. The zero-order valence-corrected chi connectivity index (χ0v) is 9.19. The lowest BCUT2D eigenvalue weighted by Gasteiger charge is -2.03. The molecule has 0 saturated carbocycles. The molecule has 0 radical (unpaired) electrons. The first-order chi connectivity index (χ1) is 7.24. The molecule has 0 amide bonds. The normalized spacial score (nSPS) is 22.3. The predicted octanol–water partition coefficient (Wildman–Crippen LogP) is 1.82. The van der Waals surface area contributed by atoms with Gasteiger partial charge in [0.25, 0.3) is 0 Å². The van der Waals surface area contributed by atoms with Crippen LogP contribution in [0.2, 0.25) is 0 Å². The molecule has 0 saturated heterocycles. The van der Waals surface area contributed by atoms with Gasteiger partial charge in [0.05, 0.1) is 11.8 Å². The SMILES string of the molecule is Cn1ccc(CC2=CC(O)CCCC2)n1. The van der Waals surface area contributed by atoms with Gasteiger partial charge in [0, 0.05) is 19.7 Å². The van der Waals surface area contributed by atoms with Crippen LogP contribution in [0.1, 0.15) is 31.4 Å². The highest BCUT2D eigenvalue weighted by Crippen LogP contribution is 2.20. The Morgan fingerprint density at radius 3 is 3.13 bits per heavy atom. The first kappa shape index (κ1) is 10.4. The Balaban J connectivity index is 2.04. The van der Waals surface area contributed by atoms with Crippen molar-refractivity contribution in [2.24, 2.45) is 7.05 Å². The van der Waals surface area contributed by atoms with Gasteiger partial charge < -0.3 is 5.11 Å². The van der Waals surface area contributed by atoms with Gasteiger partial charge in [-0.05, 0) is 25.3 Å². The van der Waals surface area contributed by atoms with Crippen LogP contribution in [0.3, 0.4) is 0 Å². The van der Waals surface area contributed by atoms with E-state index in [4.69, 9.17) is 0 Å². The minimum absolute atomic E-state index is 0.244. The molecule has 1 aromatic heterocycles. The molecule has 3 nitrogen and oxygen atoms in total. The number of aliphatic hydroxyl groups is 1. The van der Waals surface area contributed by atoms with E-state index < -0.39 is 0 Å². The highest BCUT2D eigenvalue weighted by atomic mass is 16.3. The third kappa shape index (κ3) is 2.93. The minimum atomic E-state index is -0.244. The van der Waals surface area contributed by atoms with Crippen molar-refractivity contribution in [2.45, 2.75) is 38.2 Å². The van der Waals surface area contributed by atoms with Gasteiger partial charge in [-0.2, -0.15) is 5.10 Å². The Hall–Kier alpha value is -1.09. The average Bonchev–Trinajstić information content (AvgIpc) is 2.46. The molecule has 1 aliphatic rings. The summed E-state index contributed by atoms with van der Waals surface area (Å²) in [5, 5.41) is 14.0. The molecule has 1 aliphatic carbocycles. The van der Waals surface area contributed by atoms with E-state index in [1.807, 2.05) is 30.1 Å². The Morgan fingerprint density at radius 1 is 1.53 bits per heavy atom. The molecule has 0 aromatic carbocycles. The maximum Gasteiger partial charge on any atom is 0.0723 e. The van der Waals surface area contributed by atoms with Crippen molar-refractivity contribution < 1.29 is 5.11 Å². The number of aryl methyl sites for hydroxylation is 1. The number of nitrogens with zero attached hydrogens (tertiary/aromatic N) is 2. The monoisotopic (exact) mass is 206 g/mol. The minimum Gasteiger partial charge on any atom is -0.389 e. The van der Waals surface area contributed by atoms with Crippen LogP contribution in [-0.4, -0.2) is 21.0 Å². The number of aromatic nitrogens is 2. The number of aliphatic hydroxyl groups excluding tert-OH is 1. The first-order valence-electron chi connectivity index (χ1n) is 5.60. The number of allylic oxidation sites excluding steroid dienone is 1. The summed E-state index contributed by atoms with van der Waals surface area (Å²) in [5.41, 5.74) is 2.43. The summed E-state index contributed by atoms with van der Waals surface area (Å²) >= 11 is 0. The topological polar surface area (TPSA) is 38.0 Å². The van der Waals surface area contributed by atoms with Crippen LogP contribution in [-0.2, 0) is 13.5 Å². The smallest absolute Gasteiger partial charge is 0.0723 e. The molecule has 82 valence electrons. The fourth-order valence-electron chi connectivity index (χ4n) is 2.08. The van der Waals surface area contributed by atoms with Crippen LogP contribution in [0, 0.1) is 0 Å². The predicted molar refractivity (Wildman–Crippen MR) is 59.5 cm³/mol. The summed E-state index contributed by atoms with van der Waals surface area (Å²) in [6, 6.07) is 2.04. The van der Waals surface area contributed by atoms with Gasteiger partial charge in [0.2, 0.25) is 0 Å². The van der Waals surface area contributed by atoms with Crippen molar-refractivity contribution in [1.82, 2.24) is 9.78 Å². The number of hydrogen-bond donors (Lipinski definition) is 1. The zero-order valence-electron chi connectivity index (χ0n) is 9.19. The molecular weight excluding hydrogens is 188 g/mol.